The fourth-order valence-corrected chi connectivity index (χ4v) is 4.59. The standard InChI is InChI=1S/C14H23N3OS2/c1-14(2)6-4-8(5-7-14)17-13-11(19-3)9(15)10(20-13)12(16)18/h8,17H,4-7,15H2,1-3H3,(H2,16,18). The summed E-state index contributed by atoms with van der Waals surface area (Å²) in [7, 11) is 0. The number of hydrogen-bond donors (Lipinski definition) is 3. The lowest BCUT2D eigenvalue weighted by Crippen LogP contribution is -2.29. The molecule has 0 spiro atoms. The average molecular weight is 313 g/mol. The molecule has 0 atom stereocenters. The summed E-state index contributed by atoms with van der Waals surface area (Å²) in [6, 6.07) is 0.465. The lowest BCUT2D eigenvalue weighted by molar-refractivity contribution is 0.100. The zero-order valence-corrected chi connectivity index (χ0v) is 13.9. The van der Waals surface area contributed by atoms with E-state index in [4.69, 9.17) is 11.5 Å². The Bertz CT molecular complexity index is 501. The van der Waals surface area contributed by atoms with Crippen LogP contribution >= 0.6 is 23.1 Å². The highest BCUT2D eigenvalue weighted by Crippen LogP contribution is 2.43. The molecule has 1 fully saturated rings. The third-order valence-electron chi connectivity index (χ3n) is 4.00. The number of anilines is 2. The number of rotatable bonds is 4. The number of nitrogens with one attached hydrogen (secondary N) is 1. The molecule has 0 aromatic carbocycles. The van der Waals surface area contributed by atoms with Gasteiger partial charge in [0.15, 0.2) is 0 Å². The molecule has 6 heteroatoms. The van der Waals surface area contributed by atoms with Gasteiger partial charge in [-0.15, -0.1) is 23.1 Å². The molecule has 1 aromatic rings. The van der Waals surface area contributed by atoms with Crippen LogP contribution in [0.15, 0.2) is 4.90 Å². The molecule has 0 radical (unpaired) electrons. The van der Waals surface area contributed by atoms with Gasteiger partial charge in [0.2, 0.25) is 0 Å². The Hall–Kier alpha value is -0.880. The second-order valence-corrected chi connectivity index (χ2v) is 7.99. The molecule has 1 heterocycles. The van der Waals surface area contributed by atoms with E-state index >= 15 is 0 Å². The van der Waals surface area contributed by atoms with Crippen molar-refractivity contribution in [3.63, 3.8) is 0 Å². The Morgan fingerprint density at radius 1 is 1.40 bits per heavy atom. The van der Waals surface area contributed by atoms with Gasteiger partial charge in [-0.2, -0.15) is 0 Å². The van der Waals surface area contributed by atoms with Crippen molar-refractivity contribution in [1.29, 1.82) is 0 Å². The first kappa shape index (κ1) is 15.5. The number of carbonyl (C=O) groups is 1. The summed E-state index contributed by atoms with van der Waals surface area (Å²) in [4.78, 5) is 12.8. The van der Waals surface area contributed by atoms with Crippen LogP contribution in [0.3, 0.4) is 0 Å². The first-order valence-electron chi connectivity index (χ1n) is 6.86. The van der Waals surface area contributed by atoms with Gasteiger partial charge in [-0.25, -0.2) is 0 Å². The fraction of sp³-hybridized carbons (Fsp3) is 0.643. The van der Waals surface area contributed by atoms with Gasteiger partial charge in [0.05, 0.1) is 10.6 Å². The van der Waals surface area contributed by atoms with Crippen LogP contribution in [0.5, 0.6) is 0 Å². The van der Waals surface area contributed by atoms with Crippen LogP contribution in [-0.2, 0) is 0 Å². The zero-order chi connectivity index (χ0) is 14.9. The lowest BCUT2D eigenvalue weighted by Gasteiger charge is -2.34. The zero-order valence-electron chi connectivity index (χ0n) is 12.3. The van der Waals surface area contributed by atoms with Crippen LogP contribution in [0.4, 0.5) is 10.7 Å². The summed E-state index contributed by atoms with van der Waals surface area (Å²) in [5, 5.41) is 4.56. The lowest BCUT2D eigenvalue weighted by atomic mass is 9.76. The quantitative estimate of drug-likeness (QED) is 0.743. The minimum atomic E-state index is -0.444. The third kappa shape index (κ3) is 3.23. The summed E-state index contributed by atoms with van der Waals surface area (Å²) in [6.45, 7) is 4.65. The first-order valence-corrected chi connectivity index (χ1v) is 8.91. The van der Waals surface area contributed by atoms with Gasteiger partial charge in [-0.1, -0.05) is 13.8 Å². The minimum absolute atomic E-state index is 0.444. The van der Waals surface area contributed by atoms with Gasteiger partial charge in [-0.05, 0) is 37.4 Å². The highest BCUT2D eigenvalue weighted by molar-refractivity contribution is 7.99. The molecule has 112 valence electrons. The van der Waals surface area contributed by atoms with Crippen LogP contribution in [0, 0.1) is 5.41 Å². The Morgan fingerprint density at radius 3 is 2.50 bits per heavy atom. The number of carbonyl (C=O) groups excluding carboxylic acids is 1. The summed E-state index contributed by atoms with van der Waals surface area (Å²) < 4.78 is 0. The highest BCUT2D eigenvalue weighted by atomic mass is 32.2. The van der Waals surface area contributed by atoms with Gasteiger partial charge in [-0.3, -0.25) is 4.79 Å². The summed E-state index contributed by atoms with van der Waals surface area (Å²) in [6.07, 6.45) is 6.74. The van der Waals surface area contributed by atoms with Gasteiger partial charge < -0.3 is 16.8 Å². The van der Waals surface area contributed by atoms with E-state index in [9.17, 15) is 4.79 Å². The molecule has 0 bridgehead atoms. The predicted molar refractivity (Wildman–Crippen MR) is 88.7 cm³/mol. The van der Waals surface area contributed by atoms with E-state index in [1.54, 1.807) is 11.8 Å². The number of nitrogen functional groups attached to an aromatic ring is 1. The maximum atomic E-state index is 11.4. The van der Waals surface area contributed by atoms with E-state index in [1.165, 1.54) is 24.2 Å². The van der Waals surface area contributed by atoms with Crippen molar-refractivity contribution in [2.24, 2.45) is 11.1 Å². The van der Waals surface area contributed by atoms with Crippen molar-refractivity contribution >= 4 is 39.7 Å². The maximum absolute atomic E-state index is 11.4. The molecule has 0 aliphatic heterocycles. The third-order valence-corrected chi connectivity index (χ3v) is 6.11. The van der Waals surface area contributed by atoms with Crippen molar-refractivity contribution in [1.82, 2.24) is 0 Å². The highest BCUT2D eigenvalue weighted by Gasteiger charge is 2.28. The first-order chi connectivity index (χ1) is 9.34. The van der Waals surface area contributed by atoms with Gasteiger partial charge in [0.25, 0.3) is 5.91 Å². The molecule has 2 rings (SSSR count). The smallest absolute Gasteiger partial charge is 0.261 e. The number of primary amides is 1. The van der Waals surface area contributed by atoms with Crippen LogP contribution in [0.2, 0.25) is 0 Å². The monoisotopic (exact) mass is 313 g/mol. The Morgan fingerprint density at radius 2 is 2.00 bits per heavy atom. The van der Waals surface area contributed by atoms with Crippen LogP contribution in [0.25, 0.3) is 0 Å². The molecule has 5 N–H and O–H groups in total. The van der Waals surface area contributed by atoms with Crippen LogP contribution < -0.4 is 16.8 Å². The fourth-order valence-electron chi connectivity index (χ4n) is 2.64. The number of nitrogens with two attached hydrogens (primary N) is 2. The van der Waals surface area contributed by atoms with E-state index in [0.29, 0.717) is 22.0 Å². The predicted octanol–water partition coefficient (Wildman–Crippen LogP) is 3.53. The molecular formula is C14H23N3OS2. The van der Waals surface area contributed by atoms with E-state index in [2.05, 4.69) is 19.2 Å². The molecule has 0 unspecified atom stereocenters. The Labute approximate surface area is 128 Å². The van der Waals surface area contributed by atoms with E-state index < -0.39 is 5.91 Å². The van der Waals surface area contributed by atoms with Gasteiger partial charge in [0.1, 0.15) is 9.88 Å². The molecule has 1 saturated carbocycles. The Balaban J connectivity index is 2.14. The van der Waals surface area contributed by atoms with E-state index in [0.717, 1.165) is 22.7 Å². The molecule has 0 saturated heterocycles. The summed E-state index contributed by atoms with van der Waals surface area (Å²) >= 11 is 2.94. The summed E-state index contributed by atoms with van der Waals surface area (Å²) in [5.41, 5.74) is 12.4. The number of amides is 1. The molecule has 1 aromatic heterocycles. The molecular weight excluding hydrogens is 290 g/mol. The van der Waals surface area contributed by atoms with Crippen molar-refractivity contribution in [2.45, 2.75) is 50.5 Å². The number of thioether (sulfide) groups is 1. The largest absolute Gasteiger partial charge is 0.396 e. The maximum Gasteiger partial charge on any atom is 0.261 e. The van der Waals surface area contributed by atoms with Crippen LogP contribution in [0.1, 0.15) is 49.2 Å². The van der Waals surface area contributed by atoms with Crippen molar-refractivity contribution in [3.05, 3.63) is 4.88 Å². The summed E-state index contributed by atoms with van der Waals surface area (Å²) in [5.74, 6) is -0.444. The topological polar surface area (TPSA) is 81.1 Å². The molecule has 20 heavy (non-hydrogen) atoms. The SMILES string of the molecule is CSc1c(NC2CCC(C)(C)CC2)sc(C(N)=O)c1N. The second kappa shape index (κ2) is 5.85. The van der Waals surface area contributed by atoms with Gasteiger partial charge in [0, 0.05) is 6.04 Å². The van der Waals surface area contributed by atoms with Crippen molar-refractivity contribution in [3.8, 4) is 0 Å². The normalized spacial score (nSPS) is 18.9. The second-order valence-electron chi connectivity index (χ2n) is 6.15. The van der Waals surface area contributed by atoms with E-state index in [-0.39, 0.29) is 0 Å². The average Bonchev–Trinajstić information content (AvgIpc) is 2.68. The molecule has 4 nitrogen and oxygen atoms in total. The van der Waals surface area contributed by atoms with Gasteiger partial charge >= 0.3 is 0 Å². The molecule has 1 aliphatic rings. The molecule has 1 aliphatic carbocycles. The van der Waals surface area contributed by atoms with Crippen molar-refractivity contribution < 1.29 is 4.79 Å². The number of thiophene rings is 1. The number of hydrogen-bond acceptors (Lipinski definition) is 5. The van der Waals surface area contributed by atoms with Crippen LogP contribution in [-0.4, -0.2) is 18.2 Å². The Kier molecular flexibility index (Phi) is 4.54. The van der Waals surface area contributed by atoms with Crippen molar-refractivity contribution in [2.75, 3.05) is 17.3 Å². The van der Waals surface area contributed by atoms with E-state index in [1.807, 2.05) is 6.26 Å². The minimum Gasteiger partial charge on any atom is -0.396 e. The molecule has 1 amide bonds.